The number of ketones is 1. The van der Waals surface area contributed by atoms with Crippen LogP contribution in [0.15, 0.2) is 22.0 Å². The smallest absolute Gasteiger partial charge is 0.308 e. The molecule has 3 aliphatic heterocycles. The molecule has 8 nitrogen and oxygen atoms in total. The number of hydrogen-bond acceptors (Lipinski definition) is 8. The third kappa shape index (κ3) is 7.66. The number of methoxy groups -OCH3 is 1. The molecule has 0 amide bonds. The maximum absolute atomic E-state index is 12.6. The number of esters is 1. The van der Waals surface area contributed by atoms with Gasteiger partial charge in [-0.05, 0) is 76.4 Å². The van der Waals surface area contributed by atoms with Crippen molar-refractivity contribution in [3.63, 3.8) is 0 Å². The molecule has 0 saturated carbocycles. The Labute approximate surface area is 235 Å². The third-order valence-electron chi connectivity index (χ3n) is 7.95. The maximum Gasteiger partial charge on any atom is 0.308 e. The molecule has 5 unspecified atom stereocenters. The zero-order valence-corrected chi connectivity index (χ0v) is 26.1. The van der Waals surface area contributed by atoms with Gasteiger partial charge >= 0.3 is 5.97 Å². The molecule has 0 bridgehead atoms. The Bertz CT molecular complexity index is 882. The summed E-state index contributed by atoms with van der Waals surface area (Å²) in [5.41, 5.74) is 0. The van der Waals surface area contributed by atoms with Crippen molar-refractivity contribution in [2.24, 2.45) is 0 Å². The van der Waals surface area contributed by atoms with E-state index in [1.807, 2.05) is 0 Å². The van der Waals surface area contributed by atoms with Gasteiger partial charge < -0.3 is 28.5 Å². The molecule has 10 heteroatoms. The summed E-state index contributed by atoms with van der Waals surface area (Å²) in [6.07, 6.45) is 1.89. The predicted octanol–water partition coefficient (Wildman–Crippen LogP) is 4.98. The summed E-state index contributed by atoms with van der Waals surface area (Å²) in [5, 5.41) is 11.1. The molecule has 37 heavy (non-hydrogen) atoms. The fourth-order valence-corrected chi connectivity index (χ4v) is 6.48. The van der Waals surface area contributed by atoms with Gasteiger partial charge in [0.15, 0.2) is 20.2 Å². The Balaban J connectivity index is 1.81. The number of ether oxygens (including phenoxy) is 4. The molecular formula is C27H43IO8Si. The lowest BCUT2D eigenvalue weighted by atomic mass is 9.88. The van der Waals surface area contributed by atoms with Crippen LogP contribution in [0.25, 0.3) is 0 Å². The number of fused-ring (bicyclic) bond motifs is 2. The highest BCUT2D eigenvalue weighted by Crippen LogP contribution is 2.45. The lowest BCUT2D eigenvalue weighted by Gasteiger charge is -2.50. The molecule has 0 aromatic heterocycles. The first-order chi connectivity index (χ1) is 17.2. The highest BCUT2D eigenvalue weighted by atomic mass is 127. The van der Waals surface area contributed by atoms with E-state index in [1.165, 1.54) is 13.2 Å². The summed E-state index contributed by atoms with van der Waals surface area (Å²) in [4.78, 5) is 24.6. The van der Waals surface area contributed by atoms with E-state index in [-0.39, 0.29) is 41.2 Å². The van der Waals surface area contributed by atoms with E-state index in [1.54, 1.807) is 0 Å². The quantitative estimate of drug-likeness (QED) is 0.116. The third-order valence-corrected chi connectivity index (χ3v) is 13.0. The first kappa shape index (κ1) is 30.7. The lowest BCUT2D eigenvalue weighted by Crippen LogP contribution is -2.64. The number of unbranched alkanes of at least 4 members (excludes halogenated alkanes) is 1. The van der Waals surface area contributed by atoms with Crippen molar-refractivity contribution in [2.45, 2.75) is 127 Å². The first-order valence-corrected chi connectivity index (χ1v) is 17.2. The minimum Gasteiger partial charge on any atom is -0.486 e. The van der Waals surface area contributed by atoms with Crippen molar-refractivity contribution >= 4 is 42.7 Å². The summed E-state index contributed by atoms with van der Waals surface area (Å²) in [6, 6.07) is 0. The Morgan fingerprint density at radius 3 is 2.43 bits per heavy atom. The van der Waals surface area contributed by atoms with Crippen molar-refractivity contribution in [2.75, 3.05) is 7.11 Å². The van der Waals surface area contributed by atoms with Gasteiger partial charge in [0.1, 0.15) is 30.2 Å². The number of aliphatic hydroxyl groups is 1. The van der Waals surface area contributed by atoms with Gasteiger partial charge in [-0.15, -0.1) is 0 Å². The summed E-state index contributed by atoms with van der Waals surface area (Å²) in [7, 11) is -0.910. The van der Waals surface area contributed by atoms with Crippen molar-refractivity contribution in [3.05, 3.63) is 22.0 Å². The first-order valence-electron chi connectivity index (χ1n) is 13.2. The average molecular weight is 651 g/mol. The molecule has 0 radical (unpaired) electrons. The van der Waals surface area contributed by atoms with Gasteiger partial charge in [-0.2, -0.15) is 0 Å². The van der Waals surface area contributed by atoms with E-state index in [4.69, 9.17) is 23.4 Å². The Morgan fingerprint density at radius 1 is 1.14 bits per heavy atom. The summed E-state index contributed by atoms with van der Waals surface area (Å²) < 4.78 is 31.7. The van der Waals surface area contributed by atoms with Gasteiger partial charge in [-0.3, -0.25) is 9.59 Å². The fourth-order valence-electron chi connectivity index (χ4n) is 4.79. The number of rotatable bonds is 10. The second-order valence-corrected chi connectivity index (χ2v) is 18.1. The average Bonchev–Trinajstić information content (AvgIpc) is 3.11. The van der Waals surface area contributed by atoms with Crippen LogP contribution in [0.3, 0.4) is 0 Å². The van der Waals surface area contributed by atoms with E-state index < -0.39 is 38.8 Å². The molecule has 1 N–H and O–H groups in total. The molecule has 210 valence electrons. The SMILES string of the molecule is C=C(I)CCCCC(=O)/C=C1\OC2C(O[C@H]3CCC(CC(=O)OC)O[C@@H]3C2O[Si](C)(C)C(C)(C)C)C1O. The Morgan fingerprint density at radius 2 is 1.81 bits per heavy atom. The van der Waals surface area contributed by atoms with Gasteiger partial charge in [-0.1, -0.05) is 27.4 Å². The van der Waals surface area contributed by atoms with E-state index >= 15 is 0 Å². The van der Waals surface area contributed by atoms with Crippen molar-refractivity contribution in [1.82, 2.24) is 0 Å². The van der Waals surface area contributed by atoms with Crippen LogP contribution in [0.5, 0.6) is 0 Å². The lowest BCUT2D eigenvalue weighted by molar-refractivity contribution is -0.255. The summed E-state index contributed by atoms with van der Waals surface area (Å²) in [5.74, 6) is -0.175. The second kappa shape index (κ2) is 12.6. The largest absolute Gasteiger partial charge is 0.486 e. The molecular weight excluding hydrogens is 607 g/mol. The van der Waals surface area contributed by atoms with Crippen LogP contribution in [-0.2, 0) is 33.0 Å². The number of allylic oxidation sites excluding steroid dienone is 2. The molecule has 0 aromatic rings. The zero-order chi connectivity index (χ0) is 27.5. The van der Waals surface area contributed by atoms with Crippen LogP contribution in [0, 0.1) is 0 Å². The van der Waals surface area contributed by atoms with Crippen LogP contribution in [-0.4, -0.2) is 75.0 Å². The van der Waals surface area contributed by atoms with Gasteiger partial charge in [-0.25, -0.2) is 0 Å². The van der Waals surface area contributed by atoms with Crippen LogP contribution in [0.4, 0.5) is 0 Å². The minimum absolute atomic E-state index is 0.0640. The molecule has 0 aliphatic carbocycles. The van der Waals surface area contributed by atoms with Gasteiger partial charge in [0, 0.05) is 12.5 Å². The second-order valence-electron chi connectivity index (χ2n) is 11.8. The number of aliphatic hydroxyl groups excluding tert-OH is 1. The molecule has 0 aromatic carbocycles. The zero-order valence-electron chi connectivity index (χ0n) is 23.0. The minimum atomic E-state index is -2.28. The molecule has 0 spiro atoms. The van der Waals surface area contributed by atoms with Gasteiger partial charge in [0.05, 0.1) is 25.7 Å². The van der Waals surface area contributed by atoms with Crippen molar-refractivity contribution < 1.29 is 38.1 Å². The highest BCUT2D eigenvalue weighted by Gasteiger charge is 2.59. The van der Waals surface area contributed by atoms with Crippen LogP contribution >= 0.6 is 22.6 Å². The van der Waals surface area contributed by atoms with E-state index in [0.29, 0.717) is 19.3 Å². The van der Waals surface area contributed by atoms with E-state index in [2.05, 4.69) is 63.0 Å². The van der Waals surface area contributed by atoms with Crippen LogP contribution < -0.4 is 0 Å². The number of carbonyl (C=O) groups is 2. The topological polar surface area (TPSA) is 101 Å². The van der Waals surface area contributed by atoms with Crippen LogP contribution in [0.2, 0.25) is 18.1 Å². The number of halogens is 1. The van der Waals surface area contributed by atoms with Gasteiger partial charge in [0.25, 0.3) is 0 Å². The van der Waals surface area contributed by atoms with Crippen molar-refractivity contribution in [1.29, 1.82) is 0 Å². The standard InChI is InChI=1S/C27H43IO8Si/c1-16(28)10-8-9-11-17(29)14-20-22(31)24-25(35-20)26(36-37(6,7)27(2,3)4)23-19(34-24)13-12-18(33-23)15-21(30)32-5/h14,18-19,22-26,31H,1,8-13,15H2,2-7H3/b20-14-/t18?,19-,22?,23-,24?,25?,26?/m0/s1. The van der Waals surface area contributed by atoms with Gasteiger partial charge in [0.2, 0.25) is 0 Å². The molecule has 3 fully saturated rings. The molecule has 3 saturated heterocycles. The van der Waals surface area contributed by atoms with E-state index in [9.17, 15) is 14.7 Å². The fraction of sp³-hybridized carbons (Fsp3) is 0.778. The van der Waals surface area contributed by atoms with Crippen LogP contribution in [0.1, 0.15) is 65.7 Å². The molecule has 3 rings (SSSR count). The highest BCUT2D eigenvalue weighted by molar-refractivity contribution is 14.1. The number of carbonyl (C=O) groups excluding carboxylic acids is 2. The monoisotopic (exact) mass is 650 g/mol. The van der Waals surface area contributed by atoms with Crippen molar-refractivity contribution in [3.8, 4) is 0 Å². The molecule has 7 atom stereocenters. The van der Waals surface area contributed by atoms with E-state index in [0.717, 1.165) is 22.8 Å². The molecule has 3 aliphatic rings. The Kier molecular flexibility index (Phi) is 10.5. The maximum atomic E-state index is 12.6. The predicted molar refractivity (Wildman–Crippen MR) is 151 cm³/mol. The number of hydrogen-bond donors (Lipinski definition) is 1. The Hall–Kier alpha value is -0.793. The molecule has 3 heterocycles. The summed E-state index contributed by atoms with van der Waals surface area (Å²) >= 11 is 2.20. The summed E-state index contributed by atoms with van der Waals surface area (Å²) in [6.45, 7) is 14.7. The normalized spacial score (nSPS) is 32.9.